The number of nitrogens with zero attached hydrogens (tertiary/aromatic N) is 2. The summed E-state index contributed by atoms with van der Waals surface area (Å²) in [5.41, 5.74) is 0.684. The van der Waals surface area contributed by atoms with Crippen molar-refractivity contribution in [3.05, 3.63) is 21.0 Å². The average Bonchev–Trinajstić information content (AvgIpc) is 2.44. The number of anilines is 1. The lowest BCUT2D eigenvalue weighted by Gasteiger charge is -2.23. The lowest BCUT2D eigenvalue weighted by molar-refractivity contribution is 0.0595. The molecule has 112 valence electrons. The Bertz CT molecular complexity index is 496. The van der Waals surface area contributed by atoms with Crippen molar-refractivity contribution in [1.82, 2.24) is 9.78 Å². The number of halogens is 1. The number of aromatic nitrogens is 2. The van der Waals surface area contributed by atoms with E-state index >= 15 is 0 Å². The van der Waals surface area contributed by atoms with E-state index in [4.69, 9.17) is 4.74 Å². The lowest BCUT2D eigenvalue weighted by atomic mass is 10.0. The molecule has 1 N–H and O–H groups in total. The van der Waals surface area contributed by atoms with Crippen LogP contribution in [0, 0.1) is 11.8 Å². The molecule has 0 aliphatic carbocycles. The van der Waals surface area contributed by atoms with Gasteiger partial charge in [-0.1, -0.05) is 13.8 Å². The average molecular weight is 344 g/mol. The molecule has 0 aromatic carbocycles. The first kappa shape index (κ1) is 15.5. The summed E-state index contributed by atoms with van der Waals surface area (Å²) < 4.78 is 7.52. The predicted molar refractivity (Wildman–Crippen MR) is 83.1 cm³/mol. The summed E-state index contributed by atoms with van der Waals surface area (Å²) in [5, 5.41) is 7.52. The van der Waals surface area contributed by atoms with Gasteiger partial charge in [-0.05, 0) is 40.6 Å². The number of ether oxygens (including phenoxy) is 1. The zero-order chi connectivity index (χ0) is 14.5. The third-order valence-corrected chi connectivity index (χ3v) is 4.13. The minimum absolute atomic E-state index is 0.0800. The van der Waals surface area contributed by atoms with Gasteiger partial charge < -0.3 is 10.1 Å². The molecule has 0 amide bonds. The zero-order valence-corrected chi connectivity index (χ0v) is 13.6. The van der Waals surface area contributed by atoms with Crippen molar-refractivity contribution in [2.24, 2.45) is 11.8 Å². The van der Waals surface area contributed by atoms with Crippen LogP contribution in [0.5, 0.6) is 0 Å². The van der Waals surface area contributed by atoms with Gasteiger partial charge in [0.05, 0.1) is 18.5 Å². The zero-order valence-electron chi connectivity index (χ0n) is 12.1. The van der Waals surface area contributed by atoms with Gasteiger partial charge in [0, 0.05) is 19.7 Å². The highest BCUT2D eigenvalue weighted by atomic mass is 79.9. The maximum Gasteiger partial charge on any atom is 0.283 e. The summed E-state index contributed by atoms with van der Waals surface area (Å²) in [6.07, 6.45) is 4.00. The van der Waals surface area contributed by atoms with E-state index in [0.29, 0.717) is 22.9 Å². The van der Waals surface area contributed by atoms with Crippen molar-refractivity contribution in [3.63, 3.8) is 0 Å². The van der Waals surface area contributed by atoms with Crippen LogP contribution in [0.1, 0.15) is 26.7 Å². The minimum Gasteiger partial charge on any atom is -0.382 e. The van der Waals surface area contributed by atoms with Crippen LogP contribution in [-0.2, 0) is 11.3 Å². The van der Waals surface area contributed by atoms with Crippen LogP contribution in [-0.4, -0.2) is 29.5 Å². The molecule has 0 bridgehead atoms. The van der Waals surface area contributed by atoms with Crippen LogP contribution >= 0.6 is 15.9 Å². The fraction of sp³-hybridized carbons (Fsp3) is 0.714. The Morgan fingerprint density at radius 2 is 2.40 bits per heavy atom. The molecule has 1 fully saturated rings. The van der Waals surface area contributed by atoms with Crippen LogP contribution in [0.3, 0.4) is 0 Å². The van der Waals surface area contributed by atoms with Crippen LogP contribution in [0.25, 0.3) is 0 Å². The molecule has 5 nitrogen and oxygen atoms in total. The molecule has 0 radical (unpaired) electrons. The molecule has 2 rings (SSSR count). The third-order valence-electron chi connectivity index (χ3n) is 3.36. The molecule has 2 heterocycles. The Morgan fingerprint density at radius 3 is 3.05 bits per heavy atom. The highest BCUT2D eigenvalue weighted by molar-refractivity contribution is 9.10. The summed E-state index contributed by atoms with van der Waals surface area (Å²) in [5.74, 6) is 0.902. The quantitative estimate of drug-likeness (QED) is 0.892. The molecule has 6 heteroatoms. The van der Waals surface area contributed by atoms with Gasteiger partial charge in [0.15, 0.2) is 0 Å². The van der Waals surface area contributed by atoms with E-state index in [1.54, 1.807) is 6.20 Å². The second kappa shape index (κ2) is 7.22. The summed E-state index contributed by atoms with van der Waals surface area (Å²) in [6, 6.07) is 0. The Kier molecular flexibility index (Phi) is 5.60. The fourth-order valence-corrected chi connectivity index (χ4v) is 2.73. The van der Waals surface area contributed by atoms with Crippen molar-refractivity contribution in [3.8, 4) is 0 Å². The molecule has 1 atom stereocenters. The number of hydrogen-bond acceptors (Lipinski definition) is 4. The summed E-state index contributed by atoms with van der Waals surface area (Å²) >= 11 is 3.38. The second-order valence-corrected chi connectivity index (χ2v) is 6.51. The minimum atomic E-state index is -0.0800. The molecular formula is C14H22BrN3O2. The van der Waals surface area contributed by atoms with E-state index in [0.717, 1.165) is 31.9 Å². The van der Waals surface area contributed by atoms with Crippen molar-refractivity contribution in [2.45, 2.75) is 33.2 Å². The first-order chi connectivity index (χ1) is 9.58. The Balaban J connectivity index is 2.01. The molecule has 1 unspecified atom stereocenters. The van der Waals surface area contributed by atoms with Crippen molar-refractivity contribution in [1.29, 1.82) is 0 Å². The van der Waals surface area contributed by atoms with Crippen molar-refractivity contribution in [2.75, 3.05) is 25.1 Å². The van der Waals surface area contributed by atoms with E-state index in [9.17, 15) is 4.79 Å². The van der Waals surface area contributed by atoms with Crippen LogP contribution < -0.4 is 10.9 Å². The SMILES string of the molecule is CC(C)Cn1ncc(NCC2CCCOC2)c(Br)c1=O. The molecule has 1 aromatic heterocycles. The first-order valence-electron chi connectivity index (χ1n) is 7.15. The van der Waals surface area contributed by atoms with Crippen LogP contribution in [0.2, 0.25) is 0 Å². The Morgan fingerprint density at radius 1 is 1.60 bits per heavy atom. The van der Waals surface area contributed by atoms with E-state index in [1.807, 2.05) is 0 Å². The van der Waals surface area contributed by atoms with Gasteiger partial charge in [0.2, 0.25) is 0 Å². The topological polar surface area (TPSA) is 56.1 Å². The summed E-state index contributed by atoms with van der Waals surface area (Å²) in [7, 11) is 0. The van der Waals surface area contributed by atoms with E-state index in [1.165, 1.54) is 11.1 Å². The fourth-order valence-electron chi connectivity index (χ4n) is 2.29. The first-order valence-corrected chi connectivity index (χ1v) is 7.94. The summed E-state index contributed by atoms with van der Waals surface area (Å²) in [4.78, 5) is 12.2. The van der Waals surface area contributed by atoms with Crippen molar-refractivity contribution < 1.29 is 4.74 Å². The smallest absolute Gasteiger partial charge is 0.283 e. The molecule has 1 aliphatic heterocycles. The molecule has 1 saturated heterocycles. The van der Waals surface area contributed by atoms with E-state index in [-0.39, 0.29) is 5.56 Å². The Hall–Kier alpha value is -0.880. The van der Waals surface area contributed by atoms with Gasteiger partial charge in [-0.3, -0.25) is 4.79 Å². The van der Waals surface area contributed by atoms with Crippen LogP contribution in [0.15, 0.2) is 15.5 Å². The highest BCUT2D eigenvalue weighted by Crippen LogP contribution is 2.19. The van der Waals surface area contributed by atoms with Gasteiger partial charge in [-0.15, -0.1) is 0 Å². The van der Waals surface area contributed by atoms with Gasteiger partial charge in [0.1, 0.15) is 4.47 Å². The number of rotatable bonds is 5. The largest absolute Gasteiger partial charge is 0.382 e. The van der Waals surface area contributed by atoms with Gasteiger partial charge in [0.25, 0.3) is 5.56 Å². The molecular weight excluding hydrogens is 322 g/mol. The third kappa shape index (κ3) is 4.06. The normalized spacial score (nSPS) is 19.3. The number of hydrogen-bond donors (Lipinski definition) is 1. The number of nitrogens with one attached hydrogen (secondary N) is 1. The van der Waals surface area contributed by atoms with E-state index < -0.39 is 0 Å². The lowest BCUT2D eigenvalue weighted by Crippen LogP contribution is -2.28. The molecule has 0 spiro atoms. The molecule has 1 aliphatic rings. The summed E-state index contributed by atoms with van der Waals surface area (Å²) in [6.45, 7) is 7.24. The van der Waals surface area contributed by atoms with Gasteiger partial charge in [-0.2, -0.15) is 5.10 Å². The second-order valence-electron chi connectivity index (χ2n) is 5.72. The molecule has 20 heavy (non-hydrogen) atoms. The van der Waals surface area contributed by atoms with Crippen molar-refractivity contribution >= 4 is 21.6 Å². The maximum absolute atomic E-state index is 12.2. The molecule has 1 aromatic rings. The molecule has 0 saturated carbocycles. The Labute approximate surface area is 127 Å². The standard InChI is InChI=1S/C14H22BrN3O2/c1-10(2)8-18-14(19)13(15)12(7-17-18)16-6-11-4-3-5-20-9-11/h7,10-11,16H,3-6,8-9H2,1-2H3. The highest BCUT2D eigenvalue weighted by Gasteiger charge is 2.15. The maximum atomic E-state index is 12.2. The van der Waals surface area contributed by atoms with E-state index in [2.05, 4.69) is 40.2 Å². The monoisotopic (exact) mass is 343 g/mol. The van der Waals surface area contributed by atoms with Crippen LogP contribution in [0.4, 0.5) is 5.69 Å². The predicted octanol–water partition coefficient (Wildman–Crippen LogP) is 2.50. The van der Waals surface area contributed by atoms with Gasteiger partial charge >= 0.3 is 0 Å². The van der Waals surface area contributed by atoms with Gasteiger partial charge in [-0.25, -0.2) is 4.68 Å².